The number of carbonyl (C=O) groups is 1. The highest BCUT2D eigenvalue weighted by atomic mass is 32.2. The molecule has 118 valence electrons. The molecule has 0 radical (unpaired) electrons. The van der Waals surface area contributed by atoms with Crippen molar-refractivity contribution in [3.63, 3.8) is 0 Å². The molecule has 3 fully saturated rings. The van der Waals surface area contributed by atoms with Crippen molar-refractivity contribution in [1.82, 2.24) is 10.6 Å². The van der Waals surface area contributed by atoms with E-state index in [2.05, 4.69) is 34.9 Å². The largest absolute Gasteiger partial charge is 0.373 e. The van der Waals surface area contributed by atoms with Crippen molar-refractivity contribution in [3.05, 3.63) is 30.3 Å². The van der Waals surface area contributed by atoms with E-state index in [0.29, 0.717) is 6.10 Å². The van der Waals surface area contributed by atoms with Gasteiger partial charge in [0.05, 0.1) is 18.2 Å². The summed E-state index contributed by atoms with van der Waals surface area (Å²) >= 11 is 1.89. The molecule has 0 spiro atoms. The number of nitrogens with one attached hydrogen (secondary N) is 2. The SMILES string of the molecule is O=C(NCC1(Sc2ccccc2)CC1)N[C@@H]1C[C@H]2CC[C@H]1O2. The fourth-order valence-electron chi connectivity index (χ4n) is 3.44. The number of urea groups is 1. The molecule has 3 atom stereocenters. The molecule has 4 nitrogen and oxygen atoms in total. The Balaban J connectivity index is 1.25. The summed E-state index contributed by atoms with van der Waals surface area (Å²) in [6.45, 7) is 0.736. The topological polar surface area (TPSA) is 50.4 Å². The molecule has 4 rings (SSSR count). The molecule has 1 saturated carbocycles. The smallest absolute Gasteiger partial charge is 0.315 e. The van der Waals surface area contributed by atoms with Crippen LogP contribution in [0.15, 0.2) is 35.2 Å². The first-order chi connectivity index (χ1) is 10.7. The minimum Gasteiger partial charge on any atom is -0.373 e. The molecule has 0 aromatic heterocycles. The number of benzene rings is 1. The van der Waals surface area contributed by atoms with Crippen molar-refractivity contribution in [3.8, 4) is 0 Å². The van der Waals surface area contributed by atoms with E-state index >= 15 is 0 Å². The van der Waals surface area contributed by atoms with E-state index in [1.807, 2.05) is 17.8 Å². The average Bonchev–Trinajstić information content (AvgIpc) is 2.97. The summed E-state index contributed by atoms with van der Waals surface area (Å²) in [5.74, 6) is 0. The number of rotatable bonds is 5. The van der Waals surface area contributed by atoms with Crippen LogP contribution in [0, 0.1) is 0 Å². The van der Waals surface area contributed by atoms with E-state index in [9.17, 15) is 4.79 Å². The molecule has 1 aromatic rings. The predicted molar refractivity (Wildman–Crippen MR) is 87.1 cm³/mol. The van der Waals surface area contributed by atoms with E-state index in [4.69, 9.17) is 4.74 Å². The van der Waals surface area contributed by atoms with Gasteiger partial charge in [-0.15, -0.1) is 11.8 Å². The first-order valence-electron chi connectivity index (χ1n) is 8.16. The van der Waals surface area contributed by atoms with Gasteiger partial charge in [-0.3, -0.25) is 0 Å². The number of thioether (sulfide) groups is 1. The fourth-order valence-corrected chi connectivity index (χ4v) is 4.69. The summed E-state index contributed by atoms with van der Waals surface area (Å²) < 4.78 is 5.97. The molecule has 2 heterocycles. The maximum atomic E-state index is 12.1. The molecule has 2 bridgehead atoms. The predicted octanol–water partition coefficient (Wildman–Crippen LogP) is 2.93. The second kappa shape index (κ2) is 5.78. The molecular weight excluding hydrogens is 296 g/mol. The lowest BCUT2D eigenvalue weighted by Gasteiger charge is -2.21. The van der Waals surface area contributed by atoms with Crippen molar-refractivity contribution >= 4 is 17.8 Å². The molecule has 3 aliphatic rings. The van der Waals surface area contributed by atoms with Gasteiger partial charge >= 0.3 is 6.03 Å². The normalized spacial score (nSPS) is 31.0. The molecular formula is C17H22N2O2S. The molecule has 5 heteroatoms. The van der Waals surface area contributed by atoms with Gasteiger partial charge in [-0.05, 0) is 44.2 Å². The monoisotopic (exact) mass is 318 g/mol. The molecule has 1 aliphatic carbocycles. The summed E-state index contributed by atoms with van der Waals surface area (Å²) in [5.41, 5.74) is 0. The quantitative estimate of drug-likeness (QED) is 0.877. The van der Waals surface area contributed by atoms with Gasteiger partial charge < -0.3 is 15.4 Å². The number of ether oxygens (including phenoxy) is 1. The van der Waals surface area contributed by atoms with Crippen LogP contribution in [-0.4, -0.2) is 35.6 Å². The van der Waals surface area contributed by atoms with Crippen molar-refractivity contribution in [2.24, 2.45) is 0 Å². The fraction of sp³-hybridized carbons (Fsp3) is 0.588. The van der Waals surface area contributed by atoms with Crippen molar-refractivity contribution in [1.29, 1.82) is 0 Å². The average molecular weight is 318 g/mol. The lowest BCUT2D eigenvalue weighted by atomic mass is 9.96. The Morgan fingerprint density at radius 3 is 2.73 bits per heavy atom. The maximum absolute atomic E-state index is 12.1. The lowest BCUT2D eigenvalue weighted by Crippen LogP contribution is -2.47. The van der Waals surface area contributed by atoms with Gasteiger partial charge in [-0.25, -0.2) is 4.79 Å². The van der Waals surface area contributed by atoms with Crippen LogP contribution < -0.4 is 10.6 Å². The maximum Gasteiger partial charge on any atom is 0.315 e. The Kier molecular flexibility index (Phi) is 3.78. The van der Waals surface area contributed by atoms with E-state index in [1.54, 1.807) is 0 Å². The van der Waals surface area contributed by atoms with Crippen LogP contribution in [0.5, 0.6) is 0 Å². The zero-order valence-electron chi connectivity index (χ0n) is 12.6. The Morgan fingerprint density at radius 1 is 1.27 bits per heavy atom. The Bertz CT molecular complexity index is 547. The number of amides is 2. The van der Waals surface area contributed by atoms with Gasteiger partial charge in [0.2, 0.25) is 0 Å². The van der Waals surface area contributed by atoms with Crippen LogP contribution in [0.4, 0.5) is 4.79 Å². The number of carbonyl (C=O) groups excluding carboxylic acids is 1. The first kappa shape index (κ1) is 14.4. The van der Waals surface area contributed by atoms with Crippen LogP contribution in [0.1, 0.15) is 32.1 Å². The summed E-state index contributed by atoms with van der Waals surface area (Å²) in [6, 6.07) is 10.6. The van der Waals surface area contributed by atoms with Gasteiger partial charge in [0.25, 0.3) is 0 Å². The molecule has 2 N–H and O–H groups in total. The summed E-state index contributed by atoms with van der Waals surface area (Å²) in [4.78, 5) is 13.4. The zero-order valence-corrected chi connectivity index (χ0v) is 13.4. The van der Waals surface area contributed by atoms with Crippen molar-refractivity contribution in [2.45, 2.75) is 60.0 Å². The molecule has 2 saturated heterocycles. The van der Waals surface area contributed by atoms with E-state index in [-0.39, 0.29) is 22.9 Å². The van der Waals surface area contributed by atoms with Gasteiger partial charge in [0.1, 0.15) is 0 Å². The zero-order chi connectivity index (χ0) is 15.0. The van der Waals surface area contributed by atoms with Gasteiger partial charge in [-0.1, -0.05) is 18.2 Å². The van der Waals surface area contributed by atoms with E-state index in [0.717, 1.165) is 25.8 Å². The van der Waals surface area contributed by atoms with Gasteiger partial charge in [0, 0.05) is 16.2 Å². The number of hydrogen-bond donors (Lipinski definition) is 2. The third kappa shape index (κ3) is 3.10. The molecule has 0 unspecified atom stereocenters. The van der Waals surface area contributed by atoms with Crippen LogP contribution in [0.25, 0.3) is 0 Å². The Hall–Kier alpha value is -1.20. The van der Waals surface area contributed by atoms with Crippen LogP contribution in [-0.2, 0) is 4.74 Å². The van der Waals surface area contributed by atoms with E-state index in [1.165, 1.54) is 17.7 Å². The van der Waals surface area contributed by atoms with E-state index < -0.39 is 0 Å². The number of hydrogen-bond acceptors (Lipinski definition) is 3. The van der Waals surface area contributed by atoms with Crippen LogP contribution >= 0.6 is 11.8 Å². The second-order valence-electron chi connectivity index (χ2n) is 6.64. The third-order valence-electron chi connectivity index (χ3n) is 4.88. The van der Waals surface area contributed by atoms with Crippen LogP contribution in [0.2, 0.25) is 0 Å². The first-order valence-corrected chi connectivity index (χ1v) is 8.98. The highest BCUT2D eigenvalue weighted by Crippen LogP contribution is 2.51. The summed E-state index contributed by atoms with van der Waals surface area (Å²) in [6.07, 6.45) is 6.17. The minimum atomic E-state index is -0.0407. The van der Waals surface area contributed by atoms with Gasteiger partial charge in [-0.2, -0.15) is 0 Å². The highest BCUT2D eigenvalue weighted by Gasteiger charge is 2.45. The third-order valence-corrected chi connectivity index (χ3v) is 6.37. The van der Waals surface area contributed by atoms with Crippen molar-refractivity contribution in [2.75, 3.05) is 6.54 Å². The lowest BCUT2D eigenvalue weighted by molar-refractivity contribution is 0.0981. The summed E-state index contributed by atoms with van der Waals surface area (Å²) in [7, 11) is 0. The standard InChI is InChI=1S/C17H22N2O2S/c20-16(19-14-10-12-6-7-15(14)21-12)18-11-17(8-9-17)22-13-4-2-1-3-5-13/h1-5,12,14-15H,6-11H2,(H2,18,19,20)/t12-,14-,15-/m1/s1. The molecule has 1 aromatic carbocycles. The molecule has 2 amide bonds. The molecule has 22 heavy (non-hydrogen) atoms. The summed E-state index contributed by atoms with van der Waals surface area (Å²) in [5, 5.41) is 6.16. The second-order valence-corrected chi connectivity index (χ2v) is 8.18. The minimum absolute atomic E-state index is 0.0407. The Morgan fingerprint density at radius 2 is 2.09 bits per heavy atom. The van der Waals surface area contributed by atoms with Crippen molar-refractivity contribution < 1.29 is 9.53 Å². The molecule has 2 aliphatic heterocycles. The van der Waals surface area contributed by atoms with Crippen LogP contribution in [0.3, 0.4) is 0 Å². The Labute approximate surface area is 135 Å². The highest BCUT2D eigenvalue weighted by molar-refractivity contribution is 8.01. The number of fused-ring (bicyclic) bond motifs is 2. The van der Waals surface area contributed by atoms with Gasteiger partial charge in [0.15, 0.2) is 0 Å².